The van der Waals surface area contributed by atoms with Crippen molar-refractivity contribution in [2.75, 3.05) is 0 Å². The van der Waals surface area contributed by atoms with Crippen LogP contribution >= 0.6 is 15.9 Å². The molecule has 0 aliphatic heterocycles. The highest BCUT2D eigenvalue weighted by Crippen LogP contribution is 2.15. The average molecular weight is 329 g/mol. The number of hydrogen-bond acceptors (Lipinski definition) is 2. The van der Waals surface area contributed by atoms with Gasteiger partial charge >= 0.3 is 0 Å². The van der Waals surface area contributed by atoms with Crippen LogP contribution in [-0.2, 0) is 11.3 Å². The standard InChI is InChI=1S/C16H13BrN2O/c17-14-8-4-5-12(9-14)11-19-16(20)15(10-18)13-6-2-1-3-7-13/h1-9,15H,11H2,(H,19,20). The molecule has 0 radical (unpaired) electrons. The van der Waals surface area contributed by atoms with Crippen LogP contribution < -0.4 is 5.32 Å². The van der Waals surface area contributed by atoms with Gasteiger partial charge in [0, 0.05) is 11.0 Å². The van der Waals surface area contributed by atoms with E-state index >= 15 is 0 Å². The second-order valence-corrected chi connectivity index (χ2v) is 5.24. The van der Waals surface area contributed by atoms with Crippen molar-refractivity contribution in [3.63, 3.8) is 0 Å². The number of carbonyl (C=O) groups excluding carboxylic acids is 1. The zero-order valence-electron chi connectivity index (χ0n) is 10.7. The van der Waals surface area contributed by atoms with Gasteiger partial charge in [0.25, 0.3) is 0 Å². The molecular weight excluding hydrogens is 316 g/mol. The SMILES string of the molecule is N#CC(C(=O)NCc1cccc(Br)c1)c1ccccc1. The Kier molecular flexibility index (Phi) is 4.91. The molecule has 0 aliphatic carbocycles. The Morgan fingerprint density at radius 3 is 2.60 bits per heavy atom. The van der Waals surface area contributed by atoms with Crippen LogP contribution in [0, 0.1) is 11.3 Å². The van der Waals surface area contributed by atoms with Crippen molar-refractivity contribution in [3.8, 4) is 6.07 Å². The van der Waals surface area contributed by atoms with Gasteiger partial charge in [0.1, 0.15) is 5.92 Å². The number of nitriles is 1. The highest BCUT2D eigenvalue weighted by molar-refractivity contribution is 9.10. The smallest absolute Gasteiger partial charge is 0.242 e. The van der Waals surface area contributed by atoms with Crippen LogP contribution in [0.25, 0.3) is 0 Å². The van der Waals surface area contributed by atoms with Crippen LogP contribution in [0.3, 0.4) is 0 Å². The molecule has 0 fully saturated rings. The Morgan fingerprint density at radius 1 is 1.20 bits per heavy atom. The van der Waals surface area contributed by atoms with Crippen LogP contribution in [0.1, 0.15) is 17.0 Å². The third-order valence-corrected chi connectivity index (χ3v) is 3.37. The summed E-state index contributed by atoms with van der Waals surface area (Å²) < 4.78 is 0.962. The second kappa shape index (κ2) is 6.88. The van der Waals surface area contributed by atoms with Gasteiger partial charge < -0.3 is 5.32 Å². The number of benzene rings is 2. The van der Waals surface area contributed by atoms with E-state index in [1.165, 1.54) is 0 Å². The molecule has 1 unspecified atom stereocenters. The van der Waals surface area contributed by atoms with Crippen LogP contribution in [0.15, 0.2) is 59.1 Å². The Morgan fingerprint density at radius 2 is 1.95 bits per heavy atom. The molecule has 0 saturated heterocycles. The molecule has 4 heteroatoms. The van der Waals surface area contributed by atoms with Gasteiger partial charge in [-0.1, -0.05) is 58.4 Å². The summed E-state index contributed by atoms with van der Waals surface area (Å²) in [4.78, 5) is 12.1. The molecule has 0 spiro atoms. The van der Waals surface area contributed by atoms with Crippen molar-refractivity contribution in [2.45, 2.75) is 12.5 Å². The first-order valence-corrected chi connectivity index (χ1v) is 6.96. The number of carbonyl (C=O) groups is 1. The van der Waals surface area contributed by atoms with Crippen LogP contribution in [0.2, 0.25) is 0 Å². The van der Waals surface area contributed by atoms with E-state index in [4.69, 9.17) is 0 Å². The molecule has 100 valence electrons. The minimum absolute atomic E-state index is 0.279. The number of nitrogens with zero attached hydrogens (tertiary/aromatic N) is 1. The molecule has 0 saturated carbocycles. The van der Waals surface area contributed by atoms with Crippen LogP contribution in [-0.4, -0.2) is 5.91 Å². The van der Waals surface area contributed by atoms with Crippen molar-refractivity contribution in [1.82, 2.24) is 5.32 Å². The predicted molar refractivity (Wildman–Crippen MR) is 80.8 cm³/mol. The lowest BCUT2D eigenvalue weighted by Gasteiger charge is -2.10. The molecule has 0 bridgehead atoms. The number of amides is 1. The molecule has 1 N–H and O–H groups in total. The van der Waals surface area contributed by atoms with Gasteiger partial charge in [-0.25, -0.2) is 0 Å². The van der Waals surface area contributed by atoms with Gasteiger partial charge in [0.05, 0.1) is 6.07 Å². The van der Waals surface area contributed by atoms with E-state index in [1.54, 1.807) is 12.1 Å². The fraction of sp³-hybridized carbons (Fsp3) is 0.125. The number of hydrogen-bond donors (Lipinski definition) is 1. The highest BCUT2D eigenvalue weighted by atomic mass is 79.9. The van der Waals surface area contributed by atoms with E-state index in [0.29, 0.717) is 12.1 Å². The fourth-order valence-electron chi connectivity index (χ4n) is 1.87. The van der Waals surface area contributed by atoms with Crippen molar-refractivity contribution in [2.24, 2.45) is 0 Å². The summed E-state index contributed by atoms with van der Waals surface area (Å²) in [6.45, 7) is 0.406. The van der Waals surface area contributed by atoms with Crippen LogP contribution in [0.4, 0.5) is 0 Å². The van der Waals surface area contributed by atoms with Gasteiger partial charge in [-0.15, -0.1) is 0 Å². The normalized spacial score (nSPS) is 11.4. The first-order valence-electron chi connectivity index (χ1n) is 6.17. The van der Waals surface area contributed by atoms with Crippen molar-refractivity contribution in [1.29, 1.82) is 5.26 Å². The lowest BCUT2D eigenvalue weighted by molar-refractivity contribution is -0.121. The summed E-state index contributed by atoms with van der Waals surface area (Å²) in [5.41, 5.74) is 1.69. The van der Waals surface area contributed by atoms with Gasteiger partial charge in [-0.05, 0) is 23.3 Å². The minimum Gasteiger partial charge on any atom is -0.351 e. The third kappa shape index (κ3) is 3.69. The van der Waals surface area contributed by atoms with Gasteiger partial charge in [-0.3, -0.25) is 4.79 Å². The topological polar surface area (TPSA) is 52.9 Å². The number of halogens is 1. The quantitative estimate of drug-likeness (QED) is 0.935. The molecule has 1 amide bonds. The lowest BCUT2D eigenvalue weighted by atomic mass is 10.00. The molecule has 0 heterocycles. The summed E-state index contributed by atoms with van der Waals surface area (Å²) in [5, 5.41) is 12.0. The first-order chi connectivity index (χ1) is 9.70. The summed E-state index contributed by atoms with van der Waals surface area (Å²) in [6.07, 6.45) is 0. The van der Waals surface area contributed by atoms with E-state index in [0.717, 1.165) is 10.0 Å². The summed E-state index contributed by atoms with van der Waals surface area (Å²) in [7, 11) is 0. The highest BCUT2D eigenvalue weighted by Gasteiger charge is 2.19. The first kappa shape index (κ1) is 14.3. The Balaban J connectivity index is 2.02. The predicted octanol–water partition coefficient (Wildman–Crippen LogP) is 3.37. The molecule has 2 rings (SSSR count). The van der Waals surface area contributed by atoms with Crippen LogP contribution in [0.5, 0.6) is 0 Å². The molecule has 1 atom stereocenters. The van der Waals surface area contributed by atoms with E-state index in [-0.39, 0.29) is 5.91 Å². The van der Waals surface area contributed by atoms with E-state index in [1.807, 2.05) is 48.5 Å². The average Bonchev–Trinajstić information content (AvgIpc) is 2.47. The Hall–Kier alpha value is -2.12. The Labute approximate surface area is 126 Å². The van der Waals surface area contributed by atoms with Crippen molar-refractivity contribution >= 4 is 21.8 Å². The molecular formula is C16H13BrN2O. The zero-order chi connectivity index (χ0) is 14.4. The van der Waals surface area contributed by atoms with Gasteiger partial charge in [0.15, 0.2) is 0 Å². The largest absolute Gasteiger partial charge is 0.351 e. The second-order valence-electron chi connectivity index (χ2n) is 4.32. The van der Waals surface area contributed by atoms with E-state index in [2.05, 4.69) is 21.2 Å². The maximum Gasteiger partial charge on any atom is 0.242 e. The van der Waals surface area contributed by atoms with E-state index < -0.39 is 5.92 Å². The Bertz CT molecular complexity index is 634. The zero-order valence-corrected chi connectivity index (χ0v) is 12.3. The summed E-state index contributed by atoms with van der Waals surface area (Å²) >= 11 is 3.38. The molecule has 3 nitrogen and oxygen atoms in total. The third-order valence-electron chi connectivity index (χ3n) is 2.88. The molecule has 0 aliphatic rings. The minimum atomic E-state index is -0.775. The molecule has 2 aromatic carbocycles. The maximum atomic E-state index is 12.1. The number of rotatable bonds is 4. The summed E-state index contributed by atoms with van der Waals surface area (Å²) in [5.74, 6) is -1.05. The van der Waals surface area contributed by atoms with Crippen molar-refractivity contribution < 1.29 is 4.79 Å². The van der Waals surface area contributed by atoms with Gasteiger partial charge in [-0.2, -0.15) is 5.26 Å². The van der Waals surface area contributed by atoms with Crippen molar-refractivity contribution in [3.05, 3.63) is 70.2 Å². The fourth-order valence-corrected chi connectivity index (χ4v) is 2.31. The number of nitrogens with one attached hydrogen (secondary N) is 1. The molecule has 2 aromatic rings. The lowest BCUT2D eigenvalue weighted by Crippen LogP contribution is -2.28. The monoisotopic (exact) mass is 328 g/mol. The summed E-state index contributed by atoms with van der Waals surface area (Å²) in [6, 6.07) is 18.8. The molecule has 20 heavy (non-hydrogen) atoms. The molecule has 0 aromatic heterocycles. The van der Waals surface area contributed by atoms with Gasteiger partial charge in [0.2, 0.25) is 5.91 Å². The maximum absolute atomic E-state index is 12.1. The van der Waals surface area contributed by atoms with E-state index in [9.17, 15) is 10.1 Å².